The van der Waals surface area contributed by atoms with Crippen LogP contribution in [0.4, 0.5) is 0 Å². The third-order valence-corrected chi connectivity index (χ3v) is 5.44. The lowest BCUT2D eigenvalue weighted by atomic mass is 9.77. The molecule has 25 heavy (non-hydrogen) atoms. The van der Waals surface area contributed by atoms with Crippen molar-refractivity contribution >= 4 is 12.0 Å². The Hall–Kier alpha value is -1.69. The molecular weight excluding hydrogens is 316 g/mol. The van der Waals surface area contributed by atoms with Crippen LogP contribution >= 0.6 is 0 Å². The molecule has 2 aliphatic heterocycles. The zero-order valence-electron chi connectivity index (χ0n) is 14.7. The first-order valence-corrected chi connectivity index (χ1v) is 9.11. The van der Waals surface area contributed by atoms with Crippen LogP contribution in [0.15, 0.2) is 36.4 Å². The molecule has 1 amide bonds. The Morgan fingerprint density at radius 3 is 2.60 bits per heavy atom. The fraction of sp³-hybridized carbons (Fsp3) is 0.550. The normalized spacial score (nSPS) is 22.2. The van der Waals surface area contributed by atoms with Gasteiger partial charge in [0.05, 0.1) is 12.7 Å². The van der Waals surface area contributed by atoms with Gasteiger partial charge in [-0.3, -0.25) is 4.79 Å². The lowest BCUT2D eigenvalue weighted by molar-refractivity contribution is -0.127. The van der Waals surface area contributed by atoms with Crippen molar-refractivity contribution in [3.05, 3.63) is 42.0 Å². The van der Waals surface area contributed by atoms with Crippen LogP contribution in [-0.2, 0) is 4.79 Å². The molecule has 136 valence electrons. The summed E-state index contributed by atoms with van der Waals surface area (Å²) in [4.78, 5) is 16.6. The molecule has 2 saturated heterocycles. The highest BCUT2D eigenvalue weighted by Gasteiger charge is 2.44. The Kier molecular flexibility index (Phi) is 5.89. The fourth-order valence-electron chi connectivity index (χ4n) is 3.93. The molecule has 0 bridgehead atoms. The topological polar surface area (TPSA) is 64.0 Å². The first-order valence-electron chi connectivity index (χ1n) is 9.11. The van der Waals surface area contributed by atoms with Crippen LogP contribution in [0.2, 0.25) is 0 Å². The monoisotopic (exact) mass is 344 g/mol. The average Bonchev–Trinajstić information content (AvgIpc) is 2.93. The largest absolute Gasteiger partial charge is 0.394 e. The quantitative estimate of drug-likeness (QED) is 0.818. The Balaban J connectivity index is 1.50. The number of likely N-dealkylation sites (tertiary alicyclic amines) is 2. The van der Waals surface area contributed by atoms with E-state index in [1.54, 1.807) is 0 Å². The fourth-order valence-corrected chi connectivity index (χ4v) is 3.93. The second kappa shape index (κ2) is 8.13. The molecule has 2 heterocycles. The Morgan fingerprint density at radius 1 is 1.20 bits per heavy atom. The summed E-state index contributed by atoms with van der Waals surface area (Å²) in [6.45, 7) is 3.60. The van der Waals surface area contributed by atoms with E-state index >= 15 is 0 Å². The van der Waals surface area contributed by atoms with Gasteiger partial charge in [-0.1, -0.05) is 42.5 Å². The van der Waals surface area contributed by atoms with E-state index in [1.807, 2.05) is 23.1 Å². The van der Waals surface area contributed by atoms with Gasteiger partial charge in [-0.15, -0.1) is 0 Å². The average molecular weight is 344 g/mol. The predicted molar refractivity (Wildman–Crippen MR) is 97.9 cm³/mol. The molecule has 0 aliphatic carbocycles. The first-order chi connectivity index (χ1) is 12.1. The molecule has 3 rings (SSSR count). The van der Waals surface area contributed by atoms with Crippen molar-refractivity contribution in [3.8, 4) is 0 Å². The van der Waals surface area contributed by atoms with Crippen LogP contribution in [0.5, 0.6) is 0 Å². The Labute approximate surface area is 149 Å². The highest BCUT2D eigenvalue weighted by atomic mass is 16.3. The summed E-state index contributed by atoms with van der Waals surface area (Å²) in [7, 11) is 0. The van der Waals surface area contributed by atoms with Gasteiger partial charge in [0.25, 0.3) is 0 Å². The molecule has 2 N–H and O–H groups in total. The first kappa shape index (κ1) is 18.1. The summed E-state index contributed by atoms with van der Waals surface area (Å²) in [6.07, 6.45) is 6.07. The summed E-state index contributed by atoms with van der Waals surface area (Å²) in [6, 6.07) is 10.1. The van der Waals surface area contributed by atoms with E-state index in [9.17, 15) is 9.90 Å². The van der Waals surface area contributed by atoms with Crippen molar-refractivity contribution in [2.75, 3.05) is 39.3 Å². The van der Waals surface area contributed by atoms with E-state index in [1.165, 1.54) is 0 Å². The number of rotatable bonds is 6. The van der Waals surface area contributed by atoms with Crippen LogP contribution in [0.1, 0.15) is 24.8 Å². The summed E-state index contributed by atoms with van der Waals surface area (Å²) in [5.74, 6) is 0.251. The van der Waals surface area contributed by atoms with E-state index in [0.717, 1.165) is 38.0 Å². The summed E-state index contributed by atoms with van der Waals surface area (Å²) < 4.78 is 0. The highest BCUT2D eigenvalue weighted by molar-refractivity contribution is 5.79. The van der Waals surface area contributed by atoms with Gasteiger partial charge in [-0.25, -0.2) is 0 Å². The maximum atomic E-state index is 12.4. The van der Waals surface area contributed by atoms with E-state index in [0.29, 0.717) is 19.5 Å². The number of carbonyl (C=O) groups excluding carboxylic acids is 1. The molecule has 2 aliphatic rings. The second-order valence-electron chi connectivity index (χ2n) is 7.40. The molecule has 0 saturated carbocycles. The van der Waals surface area contributed by atoms with Crippen LogP contribution in [0.25, 0.3) is 6.08 Å². The van der Waals surface area contributed by atoms with E-state index in [-0.39, 0.29) is 17.9 Å². The molecular formula is C20H28N2O3. The van der Waals surface area contributed by atoms with Gasteiger partial charge >= 0.3 is 0 Å². The number of hydrogen-bond donors (Lipinski definition) is 2. The van der Waals surface area contributed by atoms with Gasteiger partial charge in [0, 0.05) is 26.1 Å². The minimum absolute atomic E-state index is 0.0956. The van der Waals surface area contributed by atoms with Crippen molar-refractivity contribution in [1.29, 1.82) is 0 Å². The Morgan fingerprint density at radius 2 is 1.92 bits per heavy atom. The van der Waals surface area contributed by atoms with Gasteiger partial charge in [-0.2, -0.15) is 0 Å². The van der Waals surface area contributed by atoms with E-state index in [4.69, 9.17) is 5.11 Å². The number of piperidine rings is 1. The van der Waals surface area contributed by atoms with Crippen molar-refractivity contribution in [3.63, 3.8) is 0 Å². The molecule has 0 radical (unpaired) electrons. The third-order valence-electron chi connectivity index (χ3n) is 5.44. The zero-order valence-corrected chi connectivity index (χ0v) is 14.7. The smallest absolute Gasteiger partial charge is 0.223 e. The van der Waals surface area contributed by atoms with Gasteiger partial charge in [0.1, 0.15) is 0 Å². The molecule has 1 atom stereocenters. The zero-order chi connectivity index (χ0) is 17.7. The Bertz CT molecular complexity index is 594. The maximum absolute atomic E-state index is 12.4. The number of amides is 1. The second-order valence-corrected chi connectivity index (χ2v) is 7.40. The van der Waals surface area contributed by atoms with Crippen molar-refractivity contribution in [2.24, 2.45) is 5.41 Å². The number of β-amino-alcohol motifs (C(OH)–C–C–N with tert-alkyl or cyclic N) is 1. The van der Waals surface area contributed by atoms with Gasteiger partial charge in [0.15, 0.2) is 0 Å². The summed E-state index contributed by atoms with van der Waals surface area (Å²) in [5, 5.41) is 18.6. The molecule has 1 spiro atoms. The molecule has 5 heteroatoms. The van der Waals surface area contributed by atoms with Gasteiger partial charge in [0.2, 0.25) is 5.91 Å². The molecule has 5 nitrogen and oxygen atoms in total. The number of carbonyl (C=O) groups is 1. The van der Waals surface area contributed by atoms with Crippen molar-refractivity contribution < 1.29 is 15.0 Å². The minimum atomic E-state index is -0.668. The molecule has 1 aromatic carbocycles. The molecule has 1 aromatic rings. The number of aliphatic hydroxyl groups is 2. The summed E-state index contributed by atoms with van der Waals surface area (Å²) in [5.41, 5.74) is 1.25. The highest BCUT2D eigenvalue weighted by Crippen LogP contribution is 2.40. The van der Waals surface area contributed by atoms with Crippen LogP contribution in [0, 0.1) is 5.41 Å². The number of nitrogens with zero attached hydrogens (tertiary/aromatic N) is 2. The molecule has 0 aromatic heterocycles. The maximum Gasteiger partial charge on any atom is 0.223 e. The van der Waals surface area contributed by atoms with Gasteiger partial charge in [-0.05, 0) is 36.9 Å². The lowest BCUT2D eigenvalue weighted by Gasteiger charge is -2.39. The standard InChI is InChI=1S/C20H28N2O3/c23-15-18(24)14-21-11-8-20(9-12-21)13-19(25)22(16-20)10-4-7-17-5-2-1-3-6-17/h1-7,18,23-24H,8-16H2/t18-/m0/s1. The number of hydrogen-bond acceptors (Lipinski definition) is 4. The third kappa shape index (κ3) is 4.69. The minimum Gasteiger partial charge on any atom is -0.394 e. The molecule has 2 fully saturated rings. The lowest BCUT2D eigenvalue weighted by Crippen LogP contribution is -2.44. The number of benzene rings is 1. The molecule has 0 unspecified atom stereocenters. The van der Waals surface area contributed by atoms with E-state index < -0.39 is 6.10 Å². The van der Waals surface area contributed by atoms with Crippen LogP contribution in [0.3, 0.4) is 0 Å². The van der Waals surface area contributed by atoms with Crippen LogP contribution < -0.4 is 0 Å². The van der Waals surface area contributed by atoms with Crippen molar-refractivity contribution in [2.45, 2.75) is 25.4 Å². The van der Waals surface area contributed by atoms with Crippen LogP contribution in [-0.4, -0.2) is 71.4 Å². The predicted octanol–water partition coefficient (Wildman–Crippen LogP) is 1.37. The SMILES string of the molecule is O=C1CC2(CCN(C[C@H](O)CO)CC2)CN1CC=Cc1ccccc1. The van der Waals surface area contributed by atoms with Gasteiger partial charge < -0.3 is 20.0 Å². The summed E-state index contributed by atoms with van der Waals surface area (Å²) >= 11 is 0. The van der Waals surface area contributed by atoms with E-state index in [2.05, 4.69) is 29.2 Å². The number of aliphatic hydroxyl groups excluding tert-OH is 2. The van der Waals surface area contributed by atoms with Crippen molar-refractivity contribution in [1.82, 2.24) is 9.80 Å².